The van der Waals surface area contributed by atoms with Crippen molar-refractivity contribution in [2.24, 2.45) is 5.92 Å². The second-order valence-corrected chi connectivity index (χ2v) is 7.44. The fourth-order valence-electron chi connectivity index (χ4n) is 3.04. The van der Waals surface area contributed by atoms with Crippen LogP contribution in [0.1, 0.15) is 6.92 Å². The van der Waals surface area contributed by atoms with Crippen molar-refractivity contribution in [2.75, 3.05) is 32.1 Å². The molecule has 1 heterocycles. The summed E-state index contributed by atoms with van der Waals surface area (Å²) in [4.78, 5) is 6.57. The topological polar surface area (TPSA) is 46.9 Å². The van der Waals surface area contributed by atoms with Crippen molar-refractivity contribution >= 4 is 23.1 Å². The summed E-state index contributed by atoms with van der Waals surface area (Å²) >= 11 is 1.63. The van der Waals surface area contributed by atoms with Gasteiger partial charge in [-0.25, -0.2) is 0 Å². The standard InChI is InChI=1S/C18H22N2O2S/c1-12(10-19(2)3)11-20-13-6-4-5-7-17(13)23-18-9-16(22)15(21)8-14(18)20/h4-9,12,21-22H,10-11H2,1-3H3/t12-/m0/s1. The van der Waals surface area contributed by atoms with Crippen LogP contribution in [0, 0.1) is 5.92 Å². The first-order chi connectivity index (χ1) is 11.0. The molecule has 23 heavy (non-hydrogen) atoms. The number of fused-ring (bicyclic) bond motifs is 2. The molecule has 122 valence electrons. The zero-order valence-electron chi connectivity index (χ0n) is 13.7. The van der Waals surface area contributed by atoms with E-state index < -0.39 is 0 Å². The lowest BCUT2D eigenvalue weighted by atomic mass is 10.1. The Morgan fingerprint density at radius 2 is 1.74 bits per heavy atom. The highest BCUT2D eigenvalue weighted by Crippen LogP contribution is 2.51. The van der Waals surface area contributed by atoms with Crippen LogP contribution in [0.15, 0.2) is 46.2 Å². The maximum absolute atomic E-state index is 9.93. The minimum atomic E-state index is -0.0750. The van der Waals surface area contributed by atoms with Crippen LogP contribution in [0.5, 0.6) is 11.5 Å². The first-order valence-corrected chi connectivity index (χ1v) is 8.52. The third-order valence-corrected chi connectivity index (χ3v) is 5.01. The zero-order chi connectivity index (χ0) is 16.6. The summed E-state index contributed by atoms with van der Waals surface area (Å²) in [6.45, 7) is 4.07. The van der Waals surface area contributed by atoms with Gasteiger partial charge in [-0.15, -0.1) is 0 Å². The van der Waals surface area contributed by atoms with Crippen molar-refractivity contribution < 1.29 is 10.2 Å². The average molecular weight is 330 g/mol. The maximum Gasteiger partial charge on any atom is 0.159 e. The Kier molecular flexibility index (Phi) is 4.41. The summed E-state index contributed by atoms with van der Waals surface area (Å²) in [5.41, 5.74) is 2.11. The highest BCUT2D eigenvalue weighted by Gasteiger charge is 2.26. The molecule has 5 heteroatoms. The molecule has 1 atom stereocenters. The Hall–Kier alpha value is -1.85. The lowest BCUT2D eigenvalue weighted by Crippen LogP contribution is -2.31. The Labute approximate surface area is 141 Å². The van der Waals surface area contributed by atoms with Crippen LogP contribution in [-0.4, -0.2) is 42.3 Å². The number of nitrogens with zero attached hydrogens (tertiary/aromatic N) is 2. The Morgan fingerprint density at radius 1 is 1.04 bits per heavy atom. The number of phenolic OH excluding ortho intramolecular Hbond substituents is 2. The minimum absolute atomic E-state index is 0.0723. The monoisotopic (exact) mass is 330 g/mol. The number of para-hydroxylation sites is 1. The predicted octanol–water partition coefficient (Wildman–Crippen LogP) is 3.90. The van der Waals surface area contributed by atoms with Gasteiger partial charge in [0.05, 0.1) is 11.4 Å². The first-order valence-electron chi connectivity index (χ1n) is 7.71. The van der Waals surface area contributed by atoms with Crippen molar-refractivity contribution in [1.82, 2.24) is 4.90 Å². The lowest BCUT2D eigenvalue weighted by Gasteiger charge is -2.35. The minimum Gasteiger partial charge on any atom is -0.504 e. The van der Waals surface area contributed by atoms with E-state index in [1.165, 1.54) is 4.90 Å². The van der Waals surface area contributed by atoms with Gasteiger partial charge in [0.25, 0.3) is 0 Å². The average Bonchev–Trinajstić information content (AvgIpc) is 2.48. The molecule has 0 fully saturated rings. The Morgan fingerprint density at radius 3 is 2.48 bits per heavy atom. The normalized spacial score (nSPS) is 14.5. The Bertz CT molecular complexity index is 718. The smallest absolute Gasteiger partial charge is 0.159 e. The quantitative estimate of drug-likeness (QED) is 0.833. The number of hydrogen-bond donors (Lipinski definition) is 2. The number of benzene rings is 2. The van der Waals surface area contributed by atoms with Gasteiger partial charge >= 0.3 is 0 Å². The molecule has 0 bridgehead atoms. The predicted molar refractivity (Wildman–Crippen MR) is 95.1 cm³/mol. The molecule has 0 spiro atoms. The molecule has 2 aromatic carbocycles. The lowest BCUT2D eigenvalue weighted by molar-refractivity contribution is 0.342. The molecular formula is C18H22N2O2S. The molecule has 0 saturated carbocycles. The molecule has 0 saturated heterocycles. The van der Waals surface area contributed by atoms with E-state index >= 15 is 0 Å². The van der Waals surface area contributed by atoms with Crippen LogP contribution in [0.25, 0.3) is 0 Å². The summed E-state index contributed by atoms with van der Waals surface area (Å²) in [6, 6.07) is 11.6. The first kappa shape index (κ1) is 16.0. The van der Waals surface area contributed by atoms with Crippen molar-refractivity contribution in [3.63, 3.8) is 0 Å². The van der Waals surface area contributed by atoms with Gasteiger partial charge in [0.1, 0.15) is 0 Å². The largest absolute Gasteiger partial charge is 0.504 e. The summed E-state index contributed by atoms with van der Waals surface area (Å²) in [5, 5.41) is 19.7. The van der Waals surface area contributed by atoms with Crippen LogP contribution < -0.4 is 4.90 Å². The molecule has 0 aromatic heterocycles. The maximum atomic E-state index is 9.93. The second kappa shape index (κ2) is 6.34. The van der Waals surface area contributed by atoms with Crippen molar-refractivity contribution in [2.45, 2.75) is 16.7 Å². The van der Waals surface area contributed by atoms with Crippen molar-refractivity contribution in [3.05, 3.63) is 36.4 Å². The number of rotatable bonds is 4. The van der Waals surface area contributed by atoms with Gasteiger partial charge in [0.15, 0.2) is 11.5 Å². The van der Waals surface area contributed by atoms with E-state index in [2.05, 4.69) is 43.0 Å². The number of anilines is 2. The van der Waals surface area contributed by atoms with Crippen LogP contribution in [0.2, 0.25) is 0 Å². The molecule has 1 aliphatic rings. The summed E-state index contributed by atoms with van der Waals surface area (Å²) in [7, 11) is 4.16. The molecule has 1 aliphatic heterocycles. The van der Waals surface area contributed by atoms with Crippen LogP contribution in [0.4, 0.5) is 11.4 Å². The van der Waals surface area contributed by atoms with E-state index in [1.54, 1.807) is 23.9 Å². The SMILES string of the molecule is C[C@@H](CN(C)C)CN1c2ccccc2Sc2cc(O)c(O)cc21. The van der Waals surface area contributed by atoms with Gasteiger partial charge in [0.2, 0.25) is 0 Å². The summed E-state index contributed by atoms with van der Waals surface area (Å²) in [5.74, 6) is 0.316. The molecule has 2 N–H and O–H groups in total. The summed E-state index contributed by atoms with van der Waals surface area (Å²) < 4.78 is 0. The number of hydrogen-bond acceptors (Lipinski definition) is 5. The third kappa shape index (κ3) is 3.26. The number of aromatic hydroxyl groups is 2. The molecule has 0 unspecified atom stereocenters. The molecule has 3 rings (SSSR count). The van der Waals surface area contributed by atoms with Crippen LogP contribution in [-0.2, 0) is 0 Å². The molecule has 0 amide bonds. The zero-order valence-corrected chi connectivity index (χ0v) is 14.5. The van der Waals surface area contributed by atoms with E-state index in [-0.39, 0.29) is 11.5 Å². The van der Waals surface area contributed by atoms with Gasteiger partial charge in [-0.1, -0.05) is 30.8 Å². The van der Waals surface area contributed by atoms with Gasteiger partial charge in [-0.3, -0.25) is 0 Å². The van der Waals surface area contributed by atoms with Gasteiger partial charge in [-0.05, 0) is 38.2 Å². The molecular weight excluding hydrogens is 308 g/mol. The molecule has 0 radical (unpaired) electrons. The van der Waals surface area contributed by atoms with Crippen molar-refractivity contribution in [1.29, 1.82) is 0 Å². The summed E-state index contributed by atoms with van der Waals surface area (Å²) in [6.07, 6.45) is 0. The fourth-order valence-corrected chi connectivity index (χ4v) is 4.15. The molecule has 0 aliphatic carbocycles. The van der Waals surface area contributed by atoms with Gasteiger partial charge in [-0.2, -0.15) is 0 Å². The molecule has 2 aromatic rings. The molecule has 4 nitrogen and oxygen atoms in total. The highest BCUT2D eigenvalue weighted by molar-refractivity contribution is 7.99. The van der Waals surface area contributed by atoms with E-state index in [9.17, 15) is 10.2 Å². The third-order valence-electron chi connectivity index (χ3n) is 3.89. The second-order valence-electron chi connectivity index (χ2n) is 6.36. The van der Waals surface area contributed by atoms with Crippen LogP contribution in [0.3, 0.4) is 0 Å². The van der Waals surface area contributed by atoms with Crippen LogP contribution >= 0.6 is 11.8 Å². The van der Waals surface area contributed by atoms with Crippen molar-refractivity contribution in [3.8, 4) is 11.5 Å². The highest BCUT2D eigenvalue weighted by atomic mass is 32.2. The fraction of sp³-hybridized carbons (Fsp3) is 0.333. The van der Waals surface area contributed by atoms with E-state index in [1.807, 2.05) is 12.1 Å². The van der Waals surface area contributed by atoms with E-state index in [4.69, 9.17) is 0 Å². The van der Waals surface area contributed by atoms with Gasteiger partial charge in [0, 0.05) is 28.9 Å². The van der Waals surface area contributed by atoms with Gasteiger partial charge < -0.3 is 20.0 Å². The number of phenols is 2. The van der Waals surface area contributed by atoms with E-state index in [0.29, 0.717) is 5.92 Å². The van der Waals surface area contributed by atoms with E-state index in [0.717, 1.165) is 29.4 Å². The Balaban J connectivity index is 2.02.